The number of hydrogen-bond donors (Lipinski definition) is 1. The smallest absolute Gasteiger partial charge is 0.141 e. The summed E-state index contributed by atoms with van der Waals surface area (Å²) < 4.78 is 13.0. The normalized spacial score (nSPS) is 12.4. The Labute approximate surface area is 127 Å². The van der Waals surface area contributed by atoms with E-state index in [1.165, 1.54) is 12.3 Å². The van der Waals surface area contributed by atoms with Gasteiger partial charge in [-0.3, -0.25) is 4.98 Å². The number of rotatable bonds is 5. The summed E-state index contributed by atoms with van der Waals surface area (Å²) in [6.07, 6.45) is 1.82. The maximum Gasteiger partial charge on any atom is 0.141 e. The predicted octanol–water partition coefficient (Wildman–Crippen LogP) is 4.42. The average Bonchev–Trinajstić information content (AvgIpc) is 2.43. The van der Waals surface area contributed by atoms with Gasteiger partial charge in [-0.15, -0.1) is 0 Å². The van der Waals surface area contributed by atoms with Crippen molar-refractivity contribution in [2.45, 2.75) is 19.4 Å². The minimum atomic E-state index is -0.347. The lowest BCUT2D eigenvalue weighted by molar-refractivity contribution is 0.532. The Morgan fingerprint density at radius 3 is 2.45 bits per heavy atom. The van der Waals surface area contributed by atoms with Crippen LogP contribution in [-0.4, -0.2) is 11.5 Å². The SMILES string of the molecule is CCNC(Cc1c(Cl)cccc1Cl)c1ccc(F)cn1. The Morgan fingerprint density at radius 1 is 1.20 bits per heavy atom. The van der Waals surface area contributed by atoms with Crippen LogP contribution in [0.2, 0.25) is 10.0 Å². The summed E-state index contributed by atoms with van der Waals surface area (Å²) in [7, 11) is 0. The second kappa shape index (κ2) is 7.02. The first-order valence-corrected chi connectivity index (χ1v) is 7.15. The van der Waals surface area contributed by atoms with Crippen molar-refractivity contribution in [2.24, 2.45) is 0 Å². The highest BCUT2D eigenvalue weighted by molar-refractivity contribution is 6.36. The molecule has 2 rings (SSSR count). The third-order valence-corrected chi connectivity index (χ3v) is 3.74. The minimum Gasteiger partial charge on any atom is -0.309 e. The van der Waals surface area contributed by atoms with Crippen LogP contribution < -0.4 is 5.32 Å². The van der Waals surface area contributed by atoms with E-state index in [0.29, 0.717) is 16.5 Å². The van der Waals surface area contributed by atoms with Gasteiger partial charge in [-0.05, 0) is 42.8 Å². The number of aromatic nitrogens is 1. The molecule has 2 nitrogen and oxygen atoms in total. The first-order valence-electron chi connectivity index (χ1n) is 6.39. The summed E-state index contributed by atoms with van der Waals surface area (Å²) in [5, 5.41) is 4.57. The summed E-state index contributed by atoms with van der Waals surface area (Å²) in [6.45, 7) is 2.77. The van der Waals surface area contributed by atoms with Crippen molar-refractivity contribution in [3.05, 3.63) is 63.6 Å². The summed E-state index contributed by atoms with van der Waals surface area (Å²) in [5.41, 5.74) is 1.64. The van der Waals surface area contributed by atoms with E-state index in [9.17, 15) is 4.39 Å². The van der Waals surface area contributed by atoms with Gasteiger partial charge in [0.15, 0.2) is 0 Å². The Morgan fingerprint density at radius 2 is 1.90 bits per heavy atom. The van der Waals surface area contributed by atoms with Gasteiger partial charge in [-0.25, -0.2) is 4.39 Å². The molecule has 0 aliphatic heterocycles. The number of hydrogen-bond acceptors (Lipinski definition) is 2. The molecule has 0 fully saturated rings. The van der Waals surface area contributed by atoms with Crippen molar-refractivity contribution < 1.29 is 4.39 Å². The van der Waals surface area contributed by atoms with Gasteiger partial charge in [0.2, 0.25) is 0 Å². The predicted molar refractivity (Wildman–Crippen MR) is 80.8 cm³/mol. The average molecular weight is 313 g/mol. The van der Waals surface area contributed by atoms with Crippen molar-refractivity contribution >= 4 is 23.2 Å². The number of benzene rings is 1. The van der Waals surface area contributed by atoms with Crippen molar-refractivity contribution in [3.63, 3.8) is 0 Å². The zero-order chi connectivity index (χ0) is 14.5. The fraction of sp³-hybridized carbons (Fsp3) is 0.267. The van der Waals surface area contributed by atoms with E-state index in [1.807, 2.05) is 25.1 Å². The van der Waals surface area contributed by atoms with Crippen LogP contribution in [0.4, 0.5) is 4.39 Å². The Bertz CT molecular complexity index is 552. The van der Waals surface area contributed by atoms with Crippen LogP contribution in [0.15, 0.2) is 36.5 Å². The van der Waals surface area contributed by atoms with Gasteiger partial charge in [0.05, 0.1) is 17.9 Å². The highest BCUT2D eigenvalue weighted by Crippen LogP contribution is 2.28. The van der Waals surface area contributed by atoms with Gasteiger partial charge in [-0.1, -0.05) is 36.2 Å². The second-order valence-electron chi connectivity index (χ2n) is 4.42. The summed E-state index contributed by atoms with van der Waals surface area (Å²) in [5.74, 6) is -0.347. The first-order chi connectivity index (χ1) is 9.61. The monoisotopic (exact) mass is 312 g/mol. The number of nitrogens with zero attached hydrogens (tertiary/aromatic N) is 1. The molecule has 0 saturated carbocycles. The molecule has 1 N–H and O–H groups in total. The number of pyridine rings is 1. The van der Waals surface area contributed by atoms with E-state index in [0.717, 1.165) is 17.8 Å². The highest BCUT2D eigenvalue weighted by atomic mass is 35.5. The topological polar surface area (TPSA) is 24.9 Å². The van der Waals surface area contributed by atoms with Crippen molar-refractivity contribution in [1.29, 1.82) is 0 Å². The van der Waals surface area contributed by atoms with Gasteiger partial charge >= 0.3 is 0 Å². The lowest BCUT2D eigenvalue weighted by Crippen LogP contribution is -2.24. The van der Waals surface area contributed by atoms with Crippen LogP contribution in [-0.2, 0) is 6.42 Å². The van der Waals surface area contributed by atoms with E-state index in [1.54, 1.807) is 6.07 Å². The highest BCUT2D eigenvalue weighted by Gasteiger charge is 2.16. The molecule has 1 unspecified atom stereocenters. The van der Waals surface area contributed by atoms with Crippen LogP contribution in [0.1, 0.15) is 24.2 Å². The number of likely N-dealkylation sites (N-methyl/N-ethyl adjacent to an activating group) is 1. The lowest BCUT2D eigenvalue weighted by atomic mass is 10.0. The van der Waals surface area contributed by atoms with Gasteiger partial charge < -0.3 is 5.32 Å². The quantitative estimate of drug-likeness (QED) is 0.884. The molecule has 106 valence electrons. The zero-order valence-electron chi connectivity index (χ0n) is 11.0. The zero-order valence-corrected chi connectivity index (χ0v) is 12.5. The van der Waals surface area contributed by atoms with Crippen LogP contribution in [0.25, 0.3) is 0 Å². The van der Waals surface area contributed by atoms with Gasteiger partial charge in [0.1, 0.15) is 5.82 Å². The second-order valence-corrected chi connectivity index (χ2v) is 5.23. The van der Waals surface area contributed by atoms with E-state index < -0.39 is 0 Å². The molecule has 20 heavy (non-hydrogen) atoms. The minimum absolute atomic E-state index is 0.0574. The van der Waals surface area contributed by atoms with E-state index in [4.69, 9.17) is 23.2 Å². The molecule has 2 aromatic rings. The Kier molecular flexibility index (Phi) is 5.35. The van der Waals surface area contributed by atoms with Crippen molar-refractivity contribution in [2.75, 3.05) is 6.54 Å². The van der Waals surface area contributed by atoms with Gasteiger partial charge in [0.25, 0.3) is 0 Å². The number of halogens is 3. The van der Waals surface area contributed by atoms with Gasteiger partial charge in [0, 0.05) is 10.0 Å². The summed E-state index contributed by atoms with van der Waals surface area (Å²) in [4.78, 5) is 4.13. The van der Waals surface area contributed by atoms with E-state index in [-0.39, 0.29) is 11.9 Å². The molecule has 5 heteroatoms. The largest absolute Gasteiger partial charge is 0.309 e. The fourth-order valence-electron chi connectivity index (χ4n) is 2.05. The molecule has 1 atom stereocenters. The maximum atomic E-state index is 13.0. The molecule has 1 aromatic carbocycles. The van der Waals surface area contributed by atoms with Gasteiger partial charge in [-0.2, -0.15) is 0 Å². The molecule has 0 bridgehead atoms. The first kappa shape index (κ1) is 15.2. The molecule has 0 spiro atoms. The van der Waals surface area contributed by atoms with Crippen LogP contribution in [0.3, 0.4) is 0 Å². The molecular weight excluding hydrogens is 298 g/mol. The van der Waals surface area contributed by atoms with Crippen LogP contribution in [0, 0.1) is 5.82 Å². The van der Waals surface area contributed by atoms with Crippen molar-refractivity contribution in [1.82, 2.24) is 10.3 Å². The number of nitrogens with one attached hydrogen (secondary N) is 1. The van der Waals surface area contributed by atoms with E-state index in [2.05, 4.69) is 10.3 Å². The lowest BCUT2D eigenvalue weighted by Gasteiger charge is -2.19. The molecule has 1 aromatic heterocycles. The molecular formula is C15H15Cl2FN2. The third-order valence-electron chi connectivity index (χ3n) is 3.03. The molecule has 0 aliphatic carbocycles. The Hall–Kier alpha value is -1.16. The fourth-order valence-corrected chi connectivity index (χ4v) is 2.60. The maximum absolute atomic E-state index is 13.0. The van der Waals surface area contributed by atoms with Crippen LogP contribution in [0.5, 0.6) is 0 Å². The summed E-state index contributed by atoms with van der Waals surface area (Å²) in [6, 6.07) is 8.45. The van der Waals surface area contributed by atoms with Crippen LogP contribution >= 0.6 is 23.2 Å². The standard InChI is InChI=1S/C15H15Cl2FN2/c1-2-19-15(14-7-6-10(18)9-20-14)8-11-12(16)4-3-5-13(11)17/h3-7,9,15,19H,2,8H2,1H3. The Balaban J connectivity index is 2.28. The van der Waals surface area contributed by atoms with Crippen molar-refractivity contribution in [3.8, 4) is 0 Å². The molecule has 1 heterocycles. The summed E-state index contributed by atoms with van der Waals surface area (Å²) >= 11 is 12.4. The third kappa shape index (κ3) is 3.69. The van der Waals surface area contributed by atoms with E-state index >= 15 is 0 Å². The molecule has 0 amide bonds. The molecule has 0 aliphatic rings. The molecule has 0 radical (unpaired) electrons. The molecule has 0 saturated heterocycles.